The standard InChI is InChI=1S/C17H18FNO4S/c1-10-13-8-11(18)2-3-14(13)24-16(10)17(22)19(9-15(20)21)12-4-6-23-7-5-12/h2-3,8,12H,4-7,9H2,1H3,(H,20,21). The highest BCUT2D eigenvalue weighted by atomic mass is 32.1. The summed E-state index contributed by atoms with van der Waals surface area (Å²) in [7, 11) is 0. The third kappa shape index (κ3) is 3.27. The molecule has 0 aliphatic carbocycles. The van der Waals surface area contributed by atoms with Crippen LogP contribution in [0.25, 0.3) is 10.1 Å². The molecule has 0 spiro atoms. The lowest BCUT2D eigenvalue weighted by molar-refractivity contribution is -0.138. The maximum atomic E-state index is 13.5. The van der Waals surface area contributed by atoms with E-state index in [-0.39, 0.29) is 24.3 Å². The van der Waals surface area contributed by atoms with E-state index < -0.39 is 5.97 Å². The number of thiophene rings is 1. The number of amides is 1. The molecule has 7 heteroatoms. The Hall–Kier alpha value is -1.99. The predicted octanol–water partition coefficient (Wildman–Crippen LogP) is 3.05. The number of hydrogen-bond donors (Lipinski definition) is 1. The van der Waals surface area contributed by atoms with Crippen LogP contribution in [0.4, 0.5) is 4.39 Å². The van der Waals surface area contributed by atoms with Crippen molar-refractivity contribution in [2.45, 2.75) is 25.8 Å². The number of benzene rings is 1. The van der Waals surface area contributed by atoms with Crippen LogP contribution >= 0.6 is 11.3 Å². The van der Waals surface area contributed by atoms with Gasteiger partial charge in [-0.3, -0.25) is 9.59 Å². The monoisotopic (exact) mass is 351 g/mol. The van der Waals surface area contributed by atoms with Crippen LogP contribution in [0.1, 0.15) is 28.1 Å². The van der Waals surface area contributed by atoms with E-state index in [2.05, 4.69) is 0 Å². The molecule has 0 radical (unpaired) electrons. The van der Waals surface area contributed by atoms with Crippen molar-refractivity contribution >= 4 is 33.3 Å². The van der Waals surface area contributed by atoms with E-state index >= 15 is 0 Å². The fourth-order valence-electron chi connectivity index (χ4n) is 3.04. The van der Waals surface area contributed by atoms with Crippen molar-refractivity contribution in [1.29, 1.82) is 0 Å². The highest BCUT2D eigenvalue weighted by molar-refractivity contribution is 7.21. The topological polar surface area (TPSA) is 66.8 Å². The van der Waals surface area contributed by atoms with Gasteiger partial charge in [-0.2, -0.15) is 0 Å². The van der Waals surface area contributed by atoms with E-state index in [0.717, 1.165) is 4.70 Å². The van der Waals surface area contributed by atoms with Crippen molar-refractivity contribution in [1.82, 2.24) is 4.90 Å². The van der Waals surface area contributed by atoms with Gasteiger partial charge in [-0.25, -0.2) is 4.39 Å². The van der Waals surface area contributed by atoms with Gasteiger partial charge in [-0.05, 0) is 48.9 Å². The molecule has 1 aliphatic heterocycles. The number of fused-ring (bicyclic) bond motifs is 1. The van der Waals surface area contributed by atoms with E-state index in [9.17, 15) is 19.1 Å². The summed E-state index contributed by atoms with van der Waals surface area (Å²) in [5.74, 6) is -1.70. The summed E-state index contributed by atoms with van der Waals surface area (Å²) in [5, 5.41) is 9.88. The predicted molar refractivity (Wildman–Crippen MR) is 89.0 cm³/mol. The Bertz CT molecular complexity index is 782. The number of aryl methyl sites for hydroxylation is 1. The van der Waals surface area contributed by atoms with Crippen LogP contribution < -0.4 is 0 Å². The van der Waals surface area contributed by atoms with Gasteiger partial charge in [-0.15, -0.1) is 11.3 Å². The molecule has 1 aromatic heterocycles. The molecule has 0 bridgehead atoms. The molecule has 0 saturated carbocycles. The zero-order valence-corrected chi connectivity index (χ0v) is 14.1. The van der Waals surface area contributed by atoms with Gasteiger partial charge in [0.25, 0.3) is 5.91 Å². The first kappa shape index (κ1) is 16.9. The zero-order chi connectivity index (χ0) is 17.3. The second kappa shape index (κ2) is 6.86. The lowest BCUT2D eigenvalue weighted by Crippen LogP contribution is -2.46. The normalized spacial score (nSPS) is 15.6. The third-order valence-corrected chi connectivity index (χ3v) is 5.55. The number of aliphatic carboxylic acids is 1. The van der Waals surface area contributed by atoms with Crippen LogP contribution in [0.2, 0.25) is 0 Å². The van der Waals surface area contributed by atoms with E-state index in [0.29, 0.717) is 41.9 Å². The SMILES string of the molecule is Cc1c(C(=O)N(CC(=O)O)C2CCOCC2)sc2ccc(F)cc12. The van der Waals surface area contributed by atoms with Gasteiger partial charge in [0.1, 0.15) is 12.4 Å². The second-order valence-corrected chi connectivity index (χ2v) is 6.92. The van der Waals surface area contributed by atoms with Gasteiger partial charge in [-0.1, -0.05) is 0 Å². The molecule has 2 heterocycles. The van der Waals surface area contributed by atoms with Crippen LogP contribution in [0.3, 0.4) is 0 Å². The lowest BCUT2D eigenvalue weighted by Gasteiger charge is -2.33. The largest absolute Gasteiger partial charge is 0.480 e. The van der Waals surface area contributed by atoms with Crippen LogP contribution in [0.15, 0.2) is 18.2 Å². The Morgan fingerprint density at radius 3 is 2.75 bits per heavy atom. The Morgan fingerprint density at radius 2 is 2.08 bits per heavy atom. The van der Waals surface area contributed by atoms with Crippen LogP contribution in [0.5, 0.6) is 0 Å². The van der Waals surface area contributed by atoms with E-state index in [1.807, 2.05) is 0 Å². The molecule has 24 heavy (non-hydrogen) atoms. The van der Waals surface area contributed by atoms with Crippen LogP contribution in [-0.2, 0) is 9.53 Å². The average Bonchev–Trinajstić information content (AvgIpc) is 2.89. The number of carbonyl (C=O) groups is 2. The summed E-state index contributed by atoms with van der Waals surface area (Å²) in [5.41, 5.74) is 0.696. The Balaban J connectivity index is 1.97. The van der Waals surface area contributed by atoms with Gasteiger partial charge in [0.15, 0.2) is 0 Å². The smallest absolute Gasteiger partial charge is 0.323 e. The summed E-state index contributed by atoms with van der Waals surface area (Å²) >= 11 is 1.28. The maximum Gasteiger partial charge on any atom is 0.323 e. The molecule has 2 aromatic rings. The minimum absolute atomic E-state index is 0.149. The van der Waals surface area contributed by atoms with Crippen molar-refractivity contribution in [3.8, 4) is 0 Å². The minimum Gasteiger partial charge on any atom is -0.480 e. The molecule has 1 saturated heterocycles. The van der Waals surface area contributed by atoms with E-state index in [1.54, 1.807) is 13.0 Å². The molecule has 1 aromatic carbocycles. The number of carboxylic acids is 1. The average molecular weight is 351 g/mol. The number of hydrogen-bond acceptors (Lipinski definition) is 4. The van der Waals surface area contributed by atoms with Gasteiger partial charge < -0.3 is 14.7 Å². The summed E-state index contributed by atoms with van der Waals surface area (Å²) in [6.45, 7) is 2.47. The van der Waals surface area contributed by atoms with Crippen molar-refractivity contribution in [2.75, 3.05) is 19.8 Å². The molecule has 128 valence electrons. The molecule has 3 rings (SSSR count). The quantitative estimate of drug-likeness (QED) is 0.919. The number of nitrogens with zero attached hydrogens (tertiary/aromatic N) is 1. The molecular weight excluding hydrogens is 333 g/mol. The summed E-state index contributed by atoms with van der Waals surface area (Å²) in [4.78, 5) is 26.1. The van der Waals surface area contributed by atoms with Crippen LogP contribution in [-0.4, -0.2) is 47.7 Å². The number of rotatable bonds is 4. The zero-order valence-electron chi connectivity index (χ0n) is 13.3. The highest BCUT2D eigenvalue weighted by Gasteiger charge is 2.30. The molecule has 1 aliphatic rings. The number of halogens is 1. The Labute approximate surface area is 142 Å². The molecule has 5 nitrogen and oxygen atoms in total. The number of carbonyl (C=O) groups excluding carboxylic acids is 1. The van der Waals surface area contributed by atoms with E-state index in [4.69, 9.17) is 4.74 Å². The second-order valence-electron chi connectivity index (χ2n) is 5.87. The molecule has 1 N–H and O–H groups in total. The van der Waals surface area contributed by atoms with E-state index in [1.165, 1.54) is 28.4 Å². The maximum absolute atomic E-state index is 13.5. The summed E-state index contributed by atoms with van der Waals surface area (Å²) in [6, 6.07) is 4.27. The minimum atomic E-state index is -1.04. The van der Waals surface area contributed by atoms with Crippen molar-refractivity contribution in [3.63, 3.8) is 0 Å². The molecule has 0 atom stereocenters. The molecule has 0 unspecified atom stereocenters. The molecule has 1 amide bonds. The highest BCUT2D eigenvalue weighted by Crippen LogP contribution is 2.33. The Kier molecular flexibility index (Phi) is 4.82. The van der Waals surface area contributed by atoms with Crippen molar-refractivity contribution in [2.24, 2.45) is 0 Å². The molecule has 1 fully saturated rings. The third-order valence-electron chi connectivity index (χ3n) is 4.29. The first-order valence-corrected chi connectivity index (χ1v) is 8.58. The summed E-state index contributed by atoms with van der Waals surface area (Å²) in [6.07, 6.45) is 1.25. The van der Waals surface area contributed by atoms with Gasteiger partial charge in [0, 0.05) is 24.0 Å². The van der Waals surface area contributed by atoms with Crippen molar-refractivity contribution in [3.05, 3.63) is 34.5 Å². The van der Waals surface area contributed by atoms with Gasteiger partial charge in [0.05, 0.1) is 4.88 Å². The van der Waals surface area contributed by atoms with Crippen LogP contribution in [0, 0.1) is 12.7 Å². The lowest BCUT2D eigenvalue weighted by atomic mass is 10.1. The summed E-state index contributed by atoms with van der Waals surface area (Å²) < 4.78 is 19.6. The number of ether oxygens (including phenoxy) is 1. The fourth-order valence-corrected chi connectivity index (χ4v) is 4.18. The first-order valence-electron chi connectivity index (χ1n) is 7.76. The van der Waals surface area contributed by atoms with Gasteiger partial charge in [0.2, 0.25) is 0 Å². The van der Waals surface area contributed by atoms with Crippen molar-refractivity contribution < 1.29 is 23.8 Å². The first-order chi connectivity index (χ1) is 11.5. The Morgan fingerprint density at radius 1 is 1.38 bits per heavy atom. The fraction of sp³-hybridized carbons (Fsp3) is 0.412. The number of carboxylic acid groups (broad SMARTS) is 1. The van der Waals surface area contributed by atoms with Gasteiger partial charge >= 0.3 is 5.97 Å². The molecular formula is C17H18FNO4S.